The SMILES string of the molecule is CCn1nnc(-c2cc3c(cc2F)SC[C@H](NC(=O)OC(C)(C)C)C(=O)N3Cc2ccc(Cl)cc2)n1. The van der Waals surface area contributed by atoms with E-state index in [1.54, 1.807) is 39.0 Å². The molecule has 190 valence electrons. The molecular weight excluding hydrogens is 507 g/mol. The molecule has 9 nitrogen and oxygen atoms in total. The Kier molecular flexibility index (Phi) is 7.51. The Morgan fingerprint density at radius 3 is 2.64 bits per heavy atom. The zero-order valence-electron chi connectivity index (χ0n) is 20.3. The number of aryl methyl sites for hydroxylation is 1. The highest BCUT2D eigenvalue weighted by atomic mass is 35.5. The van der Waals surface area contributed by atoms with Crippen LogP contribution >= 0.6 is 23.4 Å². The van der Waals surface area contributed by atoms with Gasteiger partial charge in [0.15, 0.2) is 0 Å². The Hall–Kier alpha value is -3.18. The number of ether oxygens (including phenoxy) is 1. The van der Waals surface area contributed by atoms with Crippen molar-refractivity contribution in [3.8, 4) is 11.4 Å². The van der Waals surface area contributed by atoms with E-state index in [4.69, 9.17) is 16.3 Å². The van der Waals surface area contributed by atoms with Crippen molar-refractivity contribution in [3.05, 3.63) is 52.8 Å². The van der Waals surface area contributed by atoms with Crippen LogP contribution in [0.1, 0.15) is 33.3 Å². The average Bonchev–Trinajstić information content (AvgIpc) is 3.25. The molecule has 1 aromatic heterocycles. The lowest BCUT2D eigenvalue weighted by Crippen LogP contribution is -2.50. The summed E-state index contributed by atoms with van der Waals surface area (Å²) in [5.41, 5.74) is 0.694. The quantitative estimate of drug-likeness (QED) is 0.508. The number of carbonyl (C=O) groups is 2. The monoisotopic (exact) mass is 532 g/mol. The third kappa shape index (κ3) is 5.96. The number of nitrogens with zero attached hydrogens (tertiary/aromatic N) is 5. The average molecular weight is 533 g/mol. The van der Waals surface area contributed by atoms with E-state index in [2.05, 4.69) is 20.7 Å². The third-order valence-corrected chi connectivity index (χ3v) is 6.62. The van der Waals surface area contributed by atoms with Gasteiger partial charge in [0.1, 0.15) is 17.5 Å². The van der Waals surface area contributed by atoms with Gasteiger partial charge in [-0.25, -0.2) is 9.18 Å². The molecule has 3 aromatic rings. The van der Waals surface area contributed by atoms with Gasteiger partial charge in [0, 0.05) is 15.7 Å². The van der Waals surface area contributed by atoms with Crippen molar-refractivity contribution >= 4 is 41.1 Å². The van der Waals surface area contributed by atoms with E-state index in [1.807, 2.05) is 19.1 Å². The van der Waals surface area contributed by atoms with Gasteiger partial charge >= 0.3 is 6.09 Å². The summed E-state index contributed by atoms with van der Waals surface area (Å²) >= 11 is 7.31. The number of amides is 2. The molecule has 1 aliphatic rings. The summed E-state index contributed by atoms with van der Waals surface area (Å²) in [5, 5.41) is 15.3. The van der Waals surface area contributed by atoms with Crippen LogP contribution in [0.25, 0.3) is 11.4 Å². The molecule has 0 aliphatic carbocycles. The van der Waals surface area contributed by atoms with Gasteiger partial charge in [-0.3, -0.25) is 4.79 Å². The molecule has 0 saturated heterocycles. The number of fused-ring (bicyclic) bond motifs is 1. The van der Waals surface area contributed by atoms with E-state index < -0.39 is 23.6 Å². The van der Waals surface area contributed by atoms with Crippen molar-refractivity contribution in [2.24, 2.45) is 0 Å². The van der Waals surface area contributed by atoms with E-state index in [0.29, 0.717) is 22.2 Å². The van der Waals surface area contributed by atoms with Crippen molar-refractivity contribution in [1.29, 1.82) is 0 Å². The van der Waals surface area contributed by atoms with Crippen molar-refractivity contribution < 1.29 is 18.7 Å². The minimum atomic E-state index is -0.893. The predicted molar refractivity (Wildman–Crippen MR) is 135 cm³/mol. The molecule has 0 radical (unpaired) electrons. The summed E-state index contributed by atoms with van der Waals surface area (Å²) in [6.07, 6.45) is -0.703. The van der Waals surface area contributed by atoms with Crippen LogP contribution in [0, 0.1) is 5.82 Å². The number of carbonyl (C=O) groups excluding carboxylic acids is 2. The molecule has 12 heteroatoms. The minimum Gasteiger partial charge on any atom is -0.444 e. The summed E-state index contributed by atoms with van der Waals surface area (Å²) in [6, 6.07) is 9.10. The largest absolute Gasteiger partial charge is 0.444 e. The fourth-order valence-electron chi connectivity index (χ4n) is 3.57. The molecule has 0 fully saturated rings. The first-order valence-electron chi connectivity index (χ1n) is 11.3. The van der Waals surface area contributed by atoms with E-state index in [0.717, 1.165) is 5.56 Å². The summed E-state index contributed by atoms with van der Waals surface area (Å²) in [6.45, 7) is 7.73. The zero-order chi connectivity index (χ0) is 26.0. The maximum absolute atomic E-state index is 15.2. The van der Waals surface area contributed by atoms with E-state index in [-0.39, 0.29) is 29.6 Å². The Bertz CT molecular complexity index is 1280. The van der Waals surface area contributed by atoms with Crippen LogP contribution in [-0.2, 0) is 22.6 Å². The molecule has 0 saturated carbocycles. The lowest BCUT2D eigenvalue weighted by molar-refractivity contribution is -0.120. The standard InChI is InChI=1S/C24H26ClFN6O3S/c1-5-32-29-21(28-30-32)16-10-19-20(11-17(16)26)36-13-18(27-23(34)35-24(2,3)4)22(33)31(19)12-14-6-8-15(25)9-7-14/h6-11,18H,5,12-13H2,1-4H3,(H,27,34)/t18-/m0/s1. The van der Waals surface area contributed by atoms with Crippen LogP contribution in [0.3, 0.4) is 0 Å². The molecule has 1 aliphatic heterocycles. The summed E-state index contributed by atoms with van der Waals surface area (Å²) < 4.78 is 20.5. The predicted octanol–water partition coefficient (Wildman–Crippen LogP) is 4.68. The second-order valence-corrected chi connectivity index (χ2v) is 10.7. The highest BCUT2D eigenvalue weighted by Crippen LogP contribution is 2.39. The number of anilines is 1. The number of tetrazole rings is 1. The van der Waals surface area contributed by atoms with Crippen LogP contribution in [0.4, 0.5) is 14.9 Å². The number of alkyl carbamates (subject to hydrolysis) is 1. The maximum atomic E-state index is 15.2. The third-order valence-electron chi connectivity index (χ3n) is 5.23. The Morgan fingerprint density at radius 2 is 2.00 bits per heavy atom. The number of aromatic nitrogens is 4. The van der Waals surface area contributed by atoms with Crippen molar-refractivity contribution in [2.75, 3.05) is 10.7 Å². The Labute approximate surface area is 217 Å². The summed E-state index contributed by atoms with van der Waals surface area (Å²) in [5.74, 6) is -0.571. The molecular formula is C24H26ClFN6O3S. The molecule has 2 heterocycles. The number of nitrogens with one attached hydrogen (secondary N) is 1. The number of benzene rings is 2. The van der Waals surface area contributed by atoms with Crippen LogP contribution in [0.15, 0.2) is 41.3 Å². The molecule has 36 heavy (non-hydrogen) atoms. The van der Waals surface area contributed by atoms with E-state index >= 15 is 4.39 Å². The second kappa shape index (κ2) is 10.4. The summed E-state index contributed by atoms with van der Waals surface area (Å²) in [4.78, 5) is 29.6. The lowest BCUT2D eigenvalue weighted by atomic mass is 10.1. The van der Waals surface area contributed by atoms with Crippen LogP contribution in [0.2, 0.25) is 5.02 Å². The highest BCUT2D eigenvalue weighted by Gasteiger charge is 2.34. The maximum Gasteiger partial charge on any atom is 0.408 e. The molecule has 0 unspecified atom stereocenters. The topological polar surface area (TPSA) is 102 Å². The van der Waals surface area contributed by atoms with Gasteiger partial charge in [0.25, 0.3) is 5.91 Å². The first-order chi connectivity index (χ1) is 17.0. The van der Waals surface area contributed by atoms with E-state index in [1.165, 1.54) is 27.5 Å². The first-order valence-corrected chi connectivity index (χ1v) is 12.7. The van der Waals surface area contributed by atoms with Crippen molar-refractivity contribution in [1.82, 2.24) is 25.5 Å². The number of hydrogen-bond donors (Lipinski definition) is 1. The normalized spacial score (nSPS) is 15.9. The smallest absolute Gasteiger partial charge is 0.408 e. The van der Waals surface area contributed by atoms with Gasteiger partial charge in [0.05, 0.1) is 24.3 Å². The molecule has 1 N–H and O–H groups in total. The number of thioether (sulfide) groups is 1. The van der Waals surface area contributed by atoms with Gasteiger partial charge in [-0.15, -0.1) is 22.0 Å². The molecule has 2 amide bonds. The molecule has 2 aromatic carbocycles. The van der Waals surface area contributed by atoms with Crippen LogP contribution in [-0.4, -0.2) is 49.6 Å². The zero-order valence-corrected chi connectivity index (χ0v) is 21.9. The van der Waals surface area contributed by atoms with Crippen molar-refractivity contribution in [2.45, 2.75) is 57.3 Å². The number of halogens is 2. The highest BCUT2D eigenvalue weighted by molar-refractivity contribution is 7.99. The van der Waals surface area contributed by atoms with Gasteiger partial charge in [-0.1, -0.05) is 23.7 Å². The molecule has 0 spiro atoms. The first kappa shape index (κ1) is 25.9. The number of hydrogen-bond acceptors (Lipinski definition) is 7. The van der Waals surface area contributed by atoms with Crippen molar-refractivity contribution in [3.63, 3.8) is 0 Å². The second-order valence-electron chi connectivity index (χ2n) is 9.16. The van der Waals surface area contributed by atoms with E-state index in [9.17, 15) is 9.59 Å². The summed E-state index contributed by atoms with van der Waals surface area (Å²) in [7, 11) is 0. The molecule has 4 rings (SSSR count). The lowest BCUT2D eigenvalue weighted by Gasteiger charge is -2.27. The number of rotatable bonds is 5. The fourth-order valence-corrected chi connectivity index (χ4v) is 4.77. The Balaban J connectivity index is 1.73. The fraction of sp³-hybridized carbons (Fsp3) is 0.375. The van der Waals surface area contributed by atoms with Gasteiger partial charge in [-0.2, -0.15) is 4.80 Å². The van der Waals surface area contributed by atoms with Crippen LogP contribution < -0.4 is 10.2 Å². The van der Waals surface area contributed by atoms with Crippen LogP contribution in [0.5, 0.6) is 0 Å². The Morgan fingerprint density at radius 1 is 1.28 bits per heavy atom. The minimum absolute atomic E-state index is 0.119. The van der Waals surface area contributed by atoms with Gasteiger partial charge < -0.3 is 15.0 Å². The molecule has 0 bridgehead atoms. The van der Waals surface area contributed by atoms with Gasteiger partial charge in [0.2, 0.25) is 5.82 Å². The molecule has 1 atom stereocenters. The van der Waals surface area contributed by atoms with Gasteiger partial charge in [-0.05, 0) is 62.7 Å².